The molecule has 0 rings (SSSR count). The molecule has 0 aromatic heterocycles. The molecule has 0 aliphatic rings. The van der Waals surface area contributed by atoms with Gasteiger partial charge in [-0.25, -0.2) is 18.4 Å². The van der Waals surface area contributed by atoms with Crippen molar-refractivity contribution in [1.82, 2.24) is 0 Å². The Labute approximate surface area is 287 Å². The van der Waals surface area contributed by atoms with Crippen LogP contribution in [0.3, 0.4) is 0 Å². The minimum absolute atomic E-state index is 0. The van der Waals surface area contributed by atoms with Crippen LogP contribution < -0.4 is 34.8 Å². The molecule has 292 valence electrons. The molecule has 1 atom stereocenters. The van der Waals surface area contributed by atoms with Gasteiger partial charge in [0.25, 0.3) is 0 Å². The van der Waals surface area contributed by atoms with Gasteiger partial charge in [0.2, 0.25) is 0 Å². The van der Waals surface area contributed by atoms with Gasteiger partial charge in [-0.2, -0.15) is 97.5 Å². The van der Waals surface area contributed by atoms with Crippen LogP contribution in [0.5, 0.6) is 0 Å². The molecule has 0 amide bonds. The fourth-order valence-electron chi connectivity index (χ4n) is 2.50. The van der Waals surface area contributed by atoms with Crippen molar-refractivity contribution in [3.8, 4) is 0 Å². The van der Waals surface area contributed by atoms with Gasteiger partial charge in [-0.3, -0.25) is 14.8 Å². The second-order valence-electron chi connectivity index (χ2n) is 8.63. The van der Waals surface area contributed by atoms with Crippen LogP contribution in [0.4, 0.5) is 92.2 Å². The molecule has 9 nitrogen and oxygen atoms in total. The fraction of sp³-hybridized carbons (Fsp3) is 0.889. The number of rotatable bonds is 21. The third kappa shape index (κ3) is 10.6. The molecule has 50 heavy (non-hydrogen) atoms. The zero-order valence-electron chi connectivity index (χ0n) is 23.2. The number of hydrogen-bond donors (Lipinski definition) is 0. The molecule has 0 bridgehead atoms. The molecular weight excluding hydrogens is 814 g/mol. The van der Waals surface area contributed by atoms with Gasteiger partial charge in [-0.1, -0.05) is 0 Å². The van der Waals surface area contributed by atoms with Gasteiger partial charge in [0.05, 0.1) is 6.42 Å². The first-order chi connectivity index (χ1) is 21.6. The molecule has 0 aliphatic heterocycles. The monoisotopic (exact) mass is 826 g/mol. The van der Waals surface area contributed by atoms with Gasteiger partial charge in [0, 0.05) is 24.9 Å². The zero-order chi connectivity index (χ0) is 39.3. The standard InChI is InChI=1S/C18H13F21O9S.Na/c19-9(20)12(25,26)15(31,32)16(33,34)13(27,28)10(21,22)1-3-43-45-7(40)5-6(49-48-47-42)8(41)46-44-4-2-11(23,24)14(29,30)17(35,36)18(37,38)39;/h6,9,42H,1-5H2;/q;+1/p-1. The first kappa shape index (κ1) is 50.7. The van der Waals surface area contributed by atoms with Crippen molar-refractivity contribution in [1.29, 1.82) is 0 Å². The van der Waals surface area contributed by atoms with Gasteiger partial charge >= 0.3 is 101 Å². The predicted octanol–water partition coefficient (Wildman–Crippen LogP) is 3.26. The Kier molecular flexibility index (Phi) is 17.9. The minimum Gasteiger partial charge on any atom is -0.691 e. The van der Waals surface area contributed by atoms with E-state index in [4.69, 9.17) is 0 Å². The number of hydrogen-bond acceptors (Lipinski definition) is 10. The SMILES string of the molecule is O=C(CC(SOO[O-])C(=O)OOCCC(F)(F)C(F)(F)C(F)(F)C(F)(F)F)OOCCC(F)(F)C(F)(F)C(F)(F)C(F)(F)C(F)(F)C(F)F.[Na+]. The van der Waals surface area contributed by atoms with Crippen LogP contribution in [-0.4, -0.2) is 90.4 Å². The molecule has 0 aromatic carbocycles. The van der Waals surface area contributed by atoms with Crippen molar-refractivity contribution in [2.75, 3.05) is 13.2 Å². The molecule has 0 saturated heterocycles. The summed E-state index contributed by atoms with van der Waals surface area (Å²) in [7, 11) is 0. The van der Waals surface area contributed by atoms with Crippen LogP contribution >= 0.6 is 12.0 Å². The summed E-state index contributed by atoms with van der Waals surface area (Å²) in [4.78, 5) is 37.7. The second kappa shape index (κ2) is 17.6. The second-order valence-corrected chi connectivity index (χ2v) is 9.53. The maximum absolute atomic E-state index is 13.7. The summed E-state index contributed by atoms with van der Waals surface area (Å²) in [6.45, 7) is -4.34. The maximum Gasteiger partial charge on any atom is 1.00 e. The summed E-state index contributed by atoms with van der Waals surface area (Å²) < 4.78 is 276. The number of halogens is 21. The Morgan fingerprint density at radius 1 is 0.600 bits per heavy atom. The average Bonchev–Trinajstić information content (AvgIpc) is 2.94. The van der Waals surface area contributed by atoms with Gasteiger partial charge in [-0.05, 0) is 0 Å². The van der Waals surface area contributed by atoms with Crippen LogP contribution in [-0.2, 0) is 38.5 Å². The average molecular weight is 826 g/mol. The van der Waals surface area contributed by atoms with E-state index in [-0.39, 0.29) is 29.6 Å². The molecule has 0 spiro atoms. The summed E-state index contributed by atoms with van der Waals surface area (Å²) in [5, 5.41) is 10.1. The van der Waals surface area contributed by atoms with Gasteiger partial charge in [-0.15, -0.1) is 0 Å². The van der Waals surface area contributed by atoms with E-state index in [1.165, 1.54) is 0 Å². The van der Waals surface area contributed by atoms with Crippen LogP contribution in [0.2, 0.25) is 0 Å². The molecule has 0 aromatic rings. The normalized spacial score (nSPS) is 15.1. The summed E-state index contributed by atoms with van der Waals surface area (Å²) in [6, 6.07) is 0. The Hall–Kier alpha value is -1.38. The summed E-state index contributed by atoms with van der Waals surface area (Å²) in [5.74, 6) is -62.0. The van der Waals surface area contributed by atoms with E-state index in [2.05, 4.69) is 28.9 Å². The van der Waals surface area contributed by atoms with E-state index >= 15 is 0 Å². The van der Waals surface area contributed by atoms with Crippen LogP contribution in [0.25, 0.3) is 0 Å². The van der Waals surface area contributed by atoms with Crippen molar-refractivity contribution in [2.24, 2.45) is 0 Å². The van der Waals surface area contributed by atoms with Crippen molar-refractivity contribution in [2.45, 2.75) is 84.5 Å². The van der Waals surface area contributed by atoms with E-state index in [1.54, 1.807) is 0 Å². The number of alkyl halides is 21. The van der Waals surface area contributed by atoms with E-state index in [0.29, 0.717) is 0 Å². The first-order valence-corrected chi connectivity index (χ1v) is 12.1. The summed E-state index contributed by atoms with van der Waals surface area (Å²) in [6.07, 6.45) is -20.3. The maximum atomic E-state index is 13.7. The third-order valence-electron chi connectivity index (χ3n) is 5.24. The number of carbonyl (C=O) groups is 2. The summed E-state index contributed by atoms with van der Waals surface area (Å²) >= 11 is -0.639. The molecule has 0 aliphatic carbocycles. The Bertz CT molecular complexity index is 1110. The topological polar surface area (TPSA) is 113 Å². The van der Waals surface area contributed by atoms with Crippen LogP contribution in [0, 0.1) is 0 Å². The van der Waals surface area contributed by atoms with E-state index in [9.17, 15) is 107 Å². The van der Waals surface area contributed by atoms with Gasteiger partial charge < -0.3 is 5.26 Å². The molecule has 0 radical (unpaired) electrons. The van der Waals surface area contributed by atoms with E-state index < -0.39 is 122 Å². The fourth-order valence-corrected chi connectivity index (χ4v) is 2.95. The van der Waals surface area contributed by atoms with E-state index in [1.807, 2.05) is 0 Å². The van der Waals surface area contributed by atoms with Gasteiger partial charge in [0.15, 0.2) is 0 Å². The van der Waals surface area contributed by atoms with Gasteiger partial charge in [0.1, 0.15) is 18.5 Å². The van der Waals surface area contributed by atoms with Crippen molar-refractivity contribution < 1.29 is 166 Å². The largest absolute Gasteiger partial charge is 1.00 e. The van der Waals surface area contributed by atoms with Crippen LogP contribution in [0.1, 0.15) is 19.3 Å². The Balaban J connectivity index is 0. The first-order valence-electron chi connectivity index (χ1n) is 11.3. The van der Waals surface area contributed by atoms with Crippen LogP contribution in [0.15, 0.2) is 0 Å². The molecule has 0 saturated carbocycles. The molecule has 32 heteroatoms. The predicted molar refractivity (Wildman–Crippen MR) is 103 cm³/mol. The third-order valence-corrected chi connectivity index (χ3v) is 5.97. The Morgan fingerprint density at radius 2 is 1.00 bits per heavy atom. The molecule has 0 N–H and O–H groups in total. The molecule has 0 fully saturated rings. The quantitative estimate of drug-likeness (QED) is 0.0428. The van der Waals surface area contributed by atoms with E-state index in [0.717, 1.165) is 0 Å². The molecular formula is C18H12F21NaO9S. The minimum atomic E-state index is -7.89. The van der Waals surface area contributed by atoms with Crippen molar-refractivity contribution in [3.05, 3.63) is 0 Å². The number of carbonyl (C=O) groups excluding carboxylic acids is 2. The smallest absolute Gasteiger partial charge is 0.691 e. The zero-order valence-corrected chi connectivity index (χ0v) is 26.0. The Morgan fingerprint density at radius 3 is 1.38 bits per heavy atom. The summed E-state index contributed by atoms with van der Waals surface area (Å²) in [5.41, 5.74) is 0. The molecule has 0 heterocycles. The van der Waals surface area contributed by atoms with Crippen molar-refractivity contribution >= 4 is 24.0 Å². The van der Waals surface area contributed by atoms with Crippen molar-refractivity contribution in [3.63, 3.8) is 0 Å². The molecule has 1 unspecified atom stereocenters.